The van der Waals surface area contributed by atoms with Crippen LogP contribution in [0.2, 0.25) is 5.02 Å². The smallest absolute Gasteiger partial charge is 0.244 e. The summed E-state index contributed by atoms with van der Waals surface area (Å²) in [4.78, 5) is 28.9. The number of hydrogen-bond acceptors (Lipinski definition) is 4. The summed E-state index contributed by atoms with van der Waals surface area (Å²) < 4.78 is 40.8. The van der Waals surface area contributed by atoms with E-state index in [0.29, 0.717) is 10.6 Å². The number of benzene rings is 3. The average molecular weight is 574 g/mol. The van der Waals surface area contributed by atoms with Gasteiger partial charge in [0.1, 0.15) is 18.4 Å². The van der Waals surface area contributed by atoms with Gasteiger partial charge in [0, 0.05) is 23.5 Å². The summed E-state index contributed by atoms with van der Waals surface area (Å²) in [6, 6.07) is 20.4. The maximum atomic E-state index is 14.7. The van der Waals surface area contributed by atoms with Gasteiger partial charge in [0.25, 0.3) is 0 Å². The Morgan fingerprint density at radius 2 is 1.51 bits per heavy atom. The van der Waals surface area contributed by atoms with Gasteiger partial charge in [0.15, 0.2) is 0 Å². The summed E-state index contributed by atoms with van der Waals surface area (Å²) in [5, 5.41) is 3.45. The van der Waals surface area contributed by atoms with E-state index < -0.39 is 45.8 Å². The number of nitrogens with one attached hydrogen (secondary N) is 1. The van der Waals surface area contributed by atoms with Crippen molar-refractivity contribution in [3.63, 3.8) is 0 Å². The monoisotopic (exact) mass is 573 g/mol. The standard InChI is InChI=1S/C29H33ClFN3O4S/c1-29(2,3)32-28(36)26(18-21-10-6-5-7-11-21)33(19-22-14-16-23(30)17-15-22)27(35)20-34(39(4,37)38)25-13-9-8-12-24(25)31/h5-17,26H,18-20H2,1-4H3,(H,32,36)/t26-/m0/s1. The highest BCUT2D eigenvalue weighted by Gasteiger charge is 2.34. The molecule has 3 aromatic rings. The third-order valence-electron chi connectivity index (χ3n) is 5.84. The number of carbonyl (C=O) groups excluding carboxylic acids is 2. The molecule has 208 valence electrons. The fourth-order valence-electron chi connectivity index (χ4n) is 4.04. The fourth-order valence-corrected chi connectivity index (χ4v) is 5.02. The number of sulfonamides is 1. The molecule has 0 aliphatic rings. The van der Waals surface area contributed by atoms with E-state index in [1.54, 1.807) is 24.3 Å². The van der Waals surface area contributed by atoms with E-state index in [0.717, 1.165) is 22.2 Å². The normalized spacial score (nSPS) is 12.5. The minimum absolute atomic E-state index is 0.0000605. The molecule has 0 unspecified atom stereocenters. The molecule has 1 N–H and O–H groups in total. The van der Waals surface area contributed by atoms with Gasteiger partial charge in [0.05, 0.1) is 11.9 Å². The molecule has 0 saturated heterocycles. The lowest BCUT2D eigenvalue weighted by Gasteiger charge is -2.35. The number of hydrogen-bond donors (Lipinski definition) is 1. The molecule has 0 aliphatic heterocycles. The molecule has 0 heterocycles. The lowest BCUT2D eigenvalue weighted by molar-refractivity contribution is -0.140. The number of nitrogens with zero attached hydrogens (tertiary/aromatic N) is 2. The Bertz CT molecular complexity index is 1390. The van der Waals surface area contributed by atoms with E-state index in [1.807, 2.05) is 51.1 Å². The first-order chi connectivity index (χ1) is 18.2. The van der Waals surface area contributed by atoms with Gasteiger partial charge >= 0.3 is 0 Å². The second-order valence-electron chi connectivity index (χ2n) is 10.3. The molecule has 0 fully saturated rings. The van der Waals surface area contributed by atoms with Gasteiger partial charge in [-0.3, -0.25) is 13.9 Å². The first kappa shape index (κ1) is 30.1. The predicted molar refractivity (Wildman–Crippen MR) is 152 cm³/mol. The number of carbonyl (C=O) groups is 2. The maximum Gasteiger partial charge on any atom is 0.244 e. The van der Waals surface area contributed by atoms with Crippen molar-refractivity contribution in [2.24, 2.45) is 0 Å². The summed E-state index contributed by atoms with van der Waals surface area (Å²) in [6.45, 7) is 4.81. The highest BCUT2D eigenvalue weighted by atomic mass is 35.5. The summed E-state index contributed by atoms with van der Waals surface area (Å²) in [5.41, 5.74) is 0.659. The number of halogens is 2. The van der Waals surface area contributed by atoms with Crippen molar-refractivity contribution in [1.29, 1.82) is 0 Å². The Morgan fingerprint density at radius 3 is 2.08 bits per heavy atom. The van der Waals surface area contributed by atoms with Crippen molar-refractivity contribution in [3.8, 4) is 0 Å². The molecule has 2 amide bonds. The number of rotatable bonds is 10. The van der Waals surface area contributed by atoms with Crippen LogP contribution in [0.3, 0.4) is 0 Å². The Labute approximate surface area is 234 Å². The van der Waals surface area contributed by atoms with E-state index in [4.69, 9.17) is 11.6 Å². The highest BCUT2D eigenvalue weighted by Crippen LogP contribution is 2.23. The van der Waals surface area contributed by atoms with Crippen LogP contribution < -0.4 is 9.62 Å². The first-order valence-electron chi connectivity index (χ1n) is 12.4. The molecular weight excluding hydrogens is 541 g/mol. The Balaban J connectivity index is 2.08. The Hall–Kier alpha value is -3.43. The molecule has 0 aromatic heterocycles. The van der Waals surface area contributed by atoms with Crippen LogP contribution >= 0.6 is 11.6 Å². The summed E-state index contributed by atoms with van der Waals surface area (Å²) in [7, 11) is -4.05. The molecule has 0 radical (unpaired) electrons. The summed E-state index contributed by atoms with van der Waals surface area (Å²) >= 11 is 6.05. The van der Waals surface area contributed by atoms with Crippen molar-refractivity contribution in [1.82, 2.24) is 10.2 Å². The number of para-hydroxylation sites is 1. The average Bonchev–Trinajstić information content (AvgIpc) is 2.85. The van der Waals surface area contributed by atoms with Gasteiger partial charge in [-0.2, -0.15) is 0 Å². The fraction of sp³-hybridized carbons (Fsp3) is 0.310. The van der Waals surface area contributed by atoms with Crippen LogP contribution in [0.25, 0.3) is 0 Å². The highest BCUT2D eigenvalue weighted by molar-refractivity contribution is 7.92. The van der Waals surface area contributed by atoms with Gasteiger partial charge < -0.3 is 10.2 Å². The molecule has 39 heavy (non-hydrogen) atoms. The topological polar surface area (TPSA) is 86.8 Å². The van der Waals surface area contributed by atoms with Crippen LogP contribution in [0.1, 0.15) is 31.9 Å². The molecule has 0 bridgehead atoms. The molecule has 0 spiro atoms. The molecule has 0 saturated carbocycles. The lowest BCUT2D eigenvalue weighted by Crippen LogP contribution is -2.56. The van der Waals surface area contributed by atoms with Gasteiger partial charge in [-0.05, 0) is 56.2 Å². The molecule has 3 aromatic carbocycles. The Kier molecular flexibility index (Phi) is 9.74. The largest absolute Gasteiger partial charge is 0.350 e. The third kappa shape index (κ3) is 8.80. The van der Waals surface area contributed by atoms with E-state index in [2.05, 4.69) is 5.32 Å². The number of anilines is 1. The second-order valence-corrected chi connectivity index (χ2v) is 12.7. The van der Waals surface area contributed by atoms with Crippen molar-refractivity contribution < 1.29 is 22.4 Å². The molecule has 10 heteroatoms. The minimum atomic E-state index is -4.05. The van der Waals surface area contributed by atoms with Crippen molar-refractivity contribution in [2.45, 2.75) is 45.3 Å². The zero-order valence-electron chi connectivity index (χ0n) is 22.4. The van der Waals surface area contributed by atoms with Gasteiger partial charge in [-0.25, -0.2) is 12.8 Å². The molecule has 1 atom stereocenters. The van der Waals surface area contributed by atoms with E-state index >= 15 is 0 Å². The van der Waals surface area contributed by atoms with E-state index in [-0.39, 0.29) is 18.7 Å². The zero-order chi connectivity index (χ0) is 28.8. The number of amides is 2. The summed E-state index contributed by atoms with van der Waals surface area (Å²) in [5.74, 6) is -1.85. The SMILES string of the molecule is CC(C)(C)NC(=O)[C@H](Cc1ccccc1)N(Cc1ccc(Cl)cc1)C(=O)CN(c1ccccc1F)S(C)(=O)=O. The quantitative estimate of drug-likeness (QED) is 0.377. The minimum Gasteiger partial charge on any atom is -0.350 e. The van der Waals surface area contributed by atoms with Crippen molar-refractivity contribution in [2.75, 3.05) is 17.1 Å². The maximum absolute atomic E-state index is 14.7. The zero-order valence-corrected chi connectivity index (χ0v) is 24.0. The van der Waals surface area contributed by atoms with Crippen LogP contribution in [0.5, 0.6) is 0 Å². The third-order valence-corrected chi connectivity index (χ3v) is 7.21. The first-order valence-corrected chi connectivity index (χ1v) is 14.6. The van der Waals surface area contributed by atoms with Crippen LogP contribution in [-0.4, -0.2) is 49.5 Å². The van der Waals surface area contributed by atoms with Crippen molar-refractivity contribution >= 4 is 39.1 Å². The van der Waals surface area contributed by atoms with Gasteiger partial charge in [-0.15, -0.1) is 0 Å². The predicted octanol–water partition coefficient (Wildman–Crippen LogP) is 4.80. The van der Waals surface area contributed by atoms with Gasteiger partial charge in [0.2, 0.25) is 21.8 Å². The molecule has 7 nitrogen and oxygen atoms in total. The van der Waals surface area contributed by atoms with Crippen LogP contribution in [0.4, 0.5) is 10.1 Å². The van der Waals surface area contributed by atoms with Crippen LogP contribution in [0, 0.1) is 5.82 Å². The molecule has 0 aliphatic carbocycles. The van der Waals surface area contributed by atoms with E-state index in [9.17, 15) is 22.4 Å². The van der Waals surface area contributed by atoms with Crippen LogP contribution in [-0.2, 0) is 32.6 Å². The van der Waals surface area contributed by atoms with Crippen molar-refractivity contribution in [3.05, 3.63) is 101 Å². The second kappa shape index (κ2) is 12.6. The van der Waals surface area contributed by atoms with Crippen LogP contribution in [0.15, 0.2) is 78.9 Å². The molecular formula is C29H33ClFN3O4S. The lowest BCUT2D eigenvalue weighted by atomic mass is 10.0. The molecule has 3 rings (SSSR count). The Morgan fingerprint density at radius 1 is 0.923 bits per heavy atom. The van der Waals surface area contributed by atoms with Gasteiger partial charge in [-0.1, -0.05) is 66.2 Å². The summed E-state index contributed by atoms with van der Waals surface area (Å²) in [6.07, 6.45) is 1.09. The van der Waals surface area contributed by atoms with E-state index in [1.165, 1.54) is 23.1 Å².